The number of benzene rings is 2. The van der Waals surface area contributed by atoms with E-state index in [1.165, 1.54) is 5.56 Å². The van der Waals surface area contributed by atoms with Gasteiger partial charge in [-0.25, -0.2) is 4.98 Å². The Kier molecular flexibility index (Phi) is 5.28. The first kappa shape index (κ1) is 18.0. The smallest absolute Gasteiger partial charge is 0.229 e. The second kappa shape index (κ2) is 7.62. The number of methoxy groups -OCH3 is 1. The maximum absolute atomic E-state index is 6.10. The van der Waals surface area contributed by atoms with Crippen molar-refractivity contribution in [3.63, 3.8) is 0 Å². The molecule has 0 atom stereocenters. The molecule has 0 fully saturated rings. The molecule has 0 saturated heterocycles. The van der Waals surface area contributed by atoms with Crippen LogP contribution < -0.4 is 15.4 Å². The number of nitrogens with one attached hydrogen (secondary N) is 2. The van der Waals surface area contributed by atoms with E-state index in [1.54, 1.807) is 19.2 Å². The SMILES string of the molecule is COc1ccc(Cl)cc1Nc1cc(C)nc(Nc2ccc(C)cc2C)n1. The molecule has 0 aliphatic rings. The second-order valence-corrected chi connectivity index (χ2v) is 6.57. The molecular weight excluding hydrogens is 348 g/mol. The van der Waals surface area contributed by atoms with E-state index in [0.29, 0.717) is 22.5 Å². The number of hydrogen-bond donors (Lipinski definition) is 2. The Bertz CT molecular complexity index is 943. The molecule has 6 heteroatoms. The maximum Gasteiger partial charge on any atom is 0.229 e. The molecule has 3 rings (SSSR count). The highest BCUT2D eigenvalue weighted by Crippen LogP contribution is 2.30. The van der Waals surface area contributed by atoms with E-state index in [-0.39, 0.29) is 0 Å². The predicted octanol–water partition coefficient (Wildman–Crippen LogP) is 5.55. The van der Waals surface area contributed by atoms with Crippen LogP contribution in [-0.2, 0) is 0 Å². The zero-order valence-electron chi connectivity index (χ0n) is 15.2. The lowest BCUT2D eigenvalue weighted by Crippen LogP contribution is -2.04. The molecular formula is C20H21ClN4O. The van der Waals surface area contributed by atoms with Crippen LogP contribution >= 0.6 is 11.6 Å². The standard InChI is InChI=1S/C20H21ClN4O/c1-12-5-7-16(13(2)9-12)24-20-22-14(3)10-19(25-20)23-17-11-15(21)6-8-18(17)26-4/h5-11H,1-4H3,(H2,22,23,24,25). The number of nitrogens with zero attached hydrogens (tertiary/aromatic N) is 2. The van der Waals surface area contributed by atoms with Gasteiger partial charge in [-0.2, -0.15) is 4.98 Å². The largest absolute Gasteiger partial charge is 0.495 e. The van der Waals surface area contributed by atoms with Gasteiger partial charge in [0.1, 0.15) is 11.6 Å². The Balaban J connectivity index is 1.89. The van der Waals surface area contributed by atoms with Crippen molar-refractivity contribution in [3.8, 4) is 5.75 Å². The lowest BCUT2D eigenvalue weighted by Gasteiger charge is -2.13. The quantitative estimate of drug-likeness (QED) is 0.618. The minimum Gasteiger partial charge on any atom is -0.495 e. The van der Waals surface area contributed by atoms with Crippen molar-refractivity contribution in [2.24, 2.45) is 0 Å². The van der Waals surface area contributed by atoms with Crippen molar-refractivity contribution in [3.05, 3.63) is 64.3 Å². The summed E-state index contributed by atoms with van der Waals surface area (Å²) >= 11 is 6.10. The van der Waals surface area contributed by atoms with Crippen LogP contribution in [0, 0.1) is 20.8 Å². The molecule has 26 heavy (non-hydrogen) atoms. The Hall–Kier alpha value is -2.79. The summed E-state index contributed by atoms with van der Waals surface area (Å²) in [4.78, 5) is 9.04. The van der Waals surface area contributed by atoms with Gasteiger partial charge >= 0.3 is 0 Å². The lowest BCUT2D eigenvalue weighted by molar-refractivity contribution is 0.417. The molecule has 3 aromatic rings. The molecule has 2 aromatic carbocycles. The number of aromatic nitrogens is 2. The van der Waals surface area contributed by atoms with E-state index in [2.05, 4.69) is 46.6 Å². The molecule has 2 N–H and O–H groups in total. The van der Waals surface area contributed by atoms with Crippen LogP contribution in [0.3, 0.4) is 0 Å². The van der Waals surface area contributed by atoms with Gasteiger partial charge in [0.05, 0.1) is 12.8 Å². The molecule has 0 aliphatic heterocycles. The van der Waals surface area contributed by atoms with Crippen LogP contribution in [0.5, 0.6) is 5.75 Å². The molecule has 5 nitrogen and oxygen atoms in total. The summed E-state index contributed by atoms with van der Waals surface area (Å²) in [7, 11) is 1.62. The number of anilines is 4. The molecule has 134 valence electrons. The van der Waals surface area contributed by atoms with Crippen molar-refractivity contribution in [2.75, 3.05) is 17.7 Å². The lowest BCUT2D eigenvalue weighted by atomic mass is 10.1. The normalized spacial score (nSPS) is 10.5. The van der Waals surface area contributed by atoms with Gasteiger partial charge in [0.25, 0.3) is 0 Å². The van der Waals surface area contributed by atoms with Crippen LogP contribution in [0.1, 0.15) is 16.8 Å². The highest BCUT2D eigenvalue weighted by molar-refractivity contribution is 6.31. The number of halogens is 1. The van der Waals surface area contributed by atoms with Gasteiger partial charge in [0.15, 0.2) is 0 Å². The van der Waals surface area contributed by atoms with Gasteiger partial charge in [0.2, 0.25) is 5.95 Å². The Morgan fingerprint density at radius 1 is 0.885 bits per heavy atom. The fourth-order valence-corrected chi connectivity index (χ4v) is 2.85. The number of ether oxygens (including phenoxy) is 1. The zero-order valence-corrected chi connectivity index (χ0v) is 16.0. The Morgan fingerprint density at radius 3 is 2.42 bits per heavy atom. The van der Waals surface area contributed by atoms with Crippen molar-refractivity contribution in [1.82, 2.24) is 9.97 Å². The van der Waals surface area contributed by atoms with Gasteiger partial charge in [-0.15, -0.1) is 0 Å². The van der Waals surface area contributed by atoms with E-state index in [4.69, 9.17) is 16.3 Å². The molecule has 1 aromatic heterocycles. The highest BCUT2D eigenvalue weighted by Gasteiger charge is 2.08. The number of aryl methyl sites for hydroxylation is 3. The van der Waals surface area contributed by atoms with E-state index in [9.17, 15) is 0 Å². The molecule has 0 unspecified atom stereocenters. The molecule has 1 heterocycles. The van der Waals surface area contributed by atoms with E-state index < -0.39 is 0 Å². The van der Waals surface area contributed by atoms with Crippen molar-refractivity contribution < 1.29 is 4.74 Å². The third-order valence-electron chi connectivity index (χ3n) is 3.91. The van der Waals surface area contributed by atoms with Gasteiger partial charge in [-0.3, -0.25) is 0 Å². The minimum atomic E-state index is 0.528. The van der Waals surface area contributed by atoms with Crippen LogP contribution in [0.15, 0.2) is 42.5 Å². The third kappa shape index (κ3) is 4.24. The summed E-state index contributed by atoms with van der Waals surface area (Å²) in [5, 5.41) is 7.16. The molecule has 0 amide bonds. The number of rotatable bonds is 5. The van der Waals surface area contributed by atoms with Crippen LogP contribution in [-0.4, -0.2) is 17.1 Å². The first-order valence-electron chi connectivity index (χ1n) is 8.25. The van der Waals surface area contributed by atoms with E-state index in [1.807, 2.05) is 25.1 Å². The third-order valence-corrected chi connectivity index (χ3v) is 4.14. The fraction of sp³-hybridized carbons (Fsp3) is 0.200. The van der Waals surface area contributed by atoms with Crippen molar-refractivity contribution in [1.29, 1.82) is 0 Å². The molecule has 0 saturated carbocycles. The van der Waals surface area contributed by atoms with Gasteiger partial charge in [-0.05, 0) is 50.6 Å². The summed E-state index contributed by atoms with van der Waals surface area (Å²) in [6, 6.07) is 13.5. The van der Waals surface area contributed by atoms with Crippen LogP contribution in [0.25, 0.3) is 0 Å². The van der Waals surface area contributed by atoms with Crippen LogP contribution in [0.4, 0.5) is 23.1 Å². The van der Waals surface area contributed by atoms with Gasteiger partial charge in [0, 0.05) is 22.5 Å². The van der Waals surface area contributed by atoms with Crippen molar-refractivity contribution in [2.45, 2.75) is 20.8 Å². The first-order chi connectivity index (χ1) is 12.4. The minimum absolute atomic E-state index is 0.528. The second-order valence-electron chi connectivity index (χ2n) is 6.13. The summed E-state index contributed by atoms with van der Waals surface area (Å²) in [5.41, 5.74) is 4.92. The highest BCUT2D eigenvalue weighted by atomic mass is 35.5. The number of hydrogen-bond acceptors (Lipinski definition) is 5. The molecule has 0 spiro atoms. The van der Waals surface area contributed by atoms with Crippen LogP contribution in [0.2, 0.25) is 5.02 Å². The zero-order chi connectivity index (χ0) is 18.7. The van der Waals surface area contributed by atoms with Gasteiger partial charge in [-0.1, -0.05) is 29.3 Å². The summed E-state index contributed by atoms with van der Waals surface area (Å²) in [6.45, 7) is 6.05. The van der Waals surface area contributed by atoms with Gasteiger partial charge < -0.3 is 15.4 Å². The molecule has 0 aliphatic carbocycles. The first-order valence-corrected chi connectivity index (χ1v) is 8.63. The van der Waals surface area contributed by atoms with E-state index >= 15 is 0 Å². The van der Waals surface area contributed by atoms with Crippen molar-refractivity contribution >= 4 is 34.7 Å². The topological polar surface area (TPSA) is 59.1 Å². The summed E-state index contributed by atoms with van der Waals surface area (Å²) in [6.07, 6.45) is 0. The van der Waals surface area contributed by atoms with E-state index in [0.717, 1.165) is 22.6 Å². The monoisotopic (exact) mass is 368 g/mol. The average Bonchev–Trinajstić information content (AvgIpc) is 2.57. The molecule has 0 bridgehead atoms. The summed E-state index contributed by atoms with van der Waals surface area (Å²) in [5.74, 6) is 1.88. The Labute approximate surface area is 158 Å². The average molecular weight is 369 g/mol. The fourth-order valence-electron chi connectivity index (χ4n) is 2.68. The predicted molar refractivity (Wildman–Crippen MR) is 107 cm³/mol. The molecule has 0 radical (unpaired) electrons. The Morgan fingerprint density at radius 2 is 1.69 bits per heavy atom. The maximum atomic E-state index is 6.10. The summed E-state index contributed by atoms with van der Waals surface area (Å²) < 4.78 is 5.38.